The first-order chi connectivity index (χ1) is 9.15. The van der Waals surface area contributed by atoms with Gasteiger partial charge in [-0.2, -0.15) is 4.98 Å². The van der Waals surface area contributed by atoms with E-state index in [9.17, 15) is 5.11 Å². The van der Waals surface area contributed by atoms with Gasteiger partial charge in [0.25, 0.3) is 5.89 Å². The van der Waals surface area contributed by atoms with Crippen molar-refractivity contribution in [2.45, 2.75) is 6.92 Å². The molecule has 0 bridgehead atoms. The number of aryl methyl sites for hydroxylation is 1. The van der Waals surface area contributed by atoms with Crippen molar-refractivity contribution in [3.8, 4) is 28.6 Å². The molecule has 0 aliphatic heterocycles. The Morgan fingerprint density at radius 2 is 2.05 bits per heavy atom. The van der Waals surface area contributed by atoms with Crippen molar-refractivity contribution < 1.29 is 14.0 Å². The summed E-state index contributed by atoms with van der Waals surface area (Å²) in [5.41, 5.74) is 1.30. The quantitative estimate of drug-likeness (QED) is 0.700. The van der Waals surface area contributed by atoms with Crippen LogP contribution in [0.2, 0.25) is 0 Å². The van der Waals surface area contributed by atoms with E-state index in [1.165, 1.54) is 0 Å². The fraction of sp³-hybridized carbons (Fsp3) is 0.0769. The molecular formula is C13H9IN2O3. The number of hydrogen-bond acceptors (Lipinski definition) is 5. The van der Waals surface area contributed by atoms with Crippen LogP contribution in [-0.2, 0) is 0 Å². The highest BCUT2D eigenvalue weighted by atomic mass is 127. The van der Waals surface area contributed by atoms with Crippen LogP contribution in [0, 0.1) is 10.5 Å². The monoisotopic (exact) mass is 368 g/mol. The Labute approximate surface area is 122 Å². The van der Waals surface area contributed by atoms with E-state index in [-0.39, 0.29) is 11.6 Å². The maximum absolute atomic E-state index is 9.83. The predicted octanol–water partition coefficient (Wildman–Crippen LogP) is 3.62. The molecule has 96 valence electrons. The van der Waals surface area contributed by atoms with Gasteiger partial charge in [-0.05, 0) is 53.8 Å². The highest BCUT2D eigenvalue weighted by Crippen LogP contribution is 2.31. The fourth-order valence-corrected chi connectivity index (χ4v) is 2.23. The number of hydrogen-bond donors (Lipinski definition) is 1. The molecule has 0 fully saturated rings. The standard InChI is InChI=1S/C13H9IN2O3/c1-7-9(4-5-18-7)12-15-13(19-16-12)10-6-8(14)2-3-11(10)17/h2-6,17H,1H3. The first kappa shape index (κ1) is 12.2. The van der Waals surface area contributed by atoms with Crippen molar-refractivity contribution >= 4 is 22.6 Å². The number of phenols is 1. The summed E-state index contributed by atoms with van der Waals surface area (Å²) in [5.74, 6) is 1.56. The van der Waals surface area contributed by atoms with Crippen molar-refractivity contribution in [1.29, 1.82) is 0 Å². The minimum atomic E-state index is 0.111. The molecule has 6 heteroatoms. The van der Waals surface area contributed by atoms with E-state index in [1.54, 1.807) is 30.5 Å². The lowest BCUT2D eigenvalue weighted by molar-refractivity contribution is 0.425. The second-order valence-corrected chi connectivity index (χ2v) is 5.22. The maximum atomic E-state index is 9.83. The summed E-state index contributed by atoms with van der Waals surface area (Å²) in [4.78, 5) is 4.28. The zero-order valence-electron chi connectivity index (χ0n) is 9.92. The van der Waals surface area contributed by atoms with E-state index in [0.29, 0.717) is 11.4 Å². The molecule has 0 radical (unpaired) electrons. The molecule has 5 nitrogen and oxygen atoms in total. The van der Waals surface area contributed by atoms with Gasteiger partial charge in [0.05, 0.1) is 17.4 Å². The molecule has 2 heterocycles. The lowest BCUT2D eigenvalue weighted by Crippen LogP contribution is -1.83. The normalized spacial score (nSPS) is 10.8. The van der Waals surface area contributed by atoms with E-state index in [4.69, 9.17) is 8.94 Å². The number of aromatic nitrogens is 2. The third-order valence-electron chi connectivity index (χ3n) is 2.71. The lowest BCUT2D eigenvalue weighted by atomic mass is 10.2. The molecule has 0 aliphatic rings. The minimum absolute atomic E-state index is 0.111. The van der Waals surface area contributed by atoms with Crippen LogP contribution in [0.15, 0.2) is 39.5 Å². The number of rotatable bonds is 2. The molecule has 3 aromatic rings. The molecule has 0 aliphatic carbocycles. The van der Waals surface area contributed by atoms with Crippen molar-refractivity contribution in [3.05, 3.63) is 39.9 Å². The predicted molar refractivity (Wildman–Crippen MR) is 76.6 cm³/mol. The zero-order chi connectivity index (χ0) is 13.4. The Balaban J connectivity index is 2.06. The van der Waals surface area contributed by atoms with E-state index >= 15 is 0 Å². The maximum Gasteiger partial charge on any atom is 0.262 e. The molecule has 3 rings (SSSR count). The summed E-state index contributed by atoms with van der Waals surface area (Å²) in [5, 5.41) is 13.7. The molecular weight excluding hydrogens is 359 g/mol. The summed E-state index contributed by atoms with van der Waals surface area (Å²) in [6.07, 6.45) is 1.57. The van der Waals surface area contributed by atoms with Crippen LogP contribution in [0.3, 0.4) is 0 Å². The van der Waals surface area contributed by atoms with Gasteiger partial charge in [-0.1, -0.05) is 5.16 Å². The summed E-state index contributed by atoms with van der Waals surface area (Å²) in [6.45, 7) is 1.83. The average Bonchev–Trinajstić information content (AvgIpc) is 3.00. The largest absolute Gasteiger partial charge is 0.507 e. The average molecular weight is 368 g/mol. The van der Waals surface area contributed by atoms with Gasteiger partial charge in [-0.15, -0.1) is 0 Å². The topological polar surface area (TPSA) is 72.3 Å². The molecule has 19 heavy (non-hydrogen) atoms. The summed E-state index contributed by atoms with van der Waals surface area (Å²) >= 11 is 2.16. The van der Waals surface area contributed by atoms with Crippen LogP contribution in [-0.4, -0.2) is 15.2 Å². The molecule has 1 N–H and O–H groups in total. The van der Waals surface area contributed by atoms with Gasteiger partial charge in [0.15, 0.2) is 0 Å². The molecule has 0 atom stereocenters. The van der Waals surface area contributed by atoms with E-state index in [0.717, 1.165) is 14.9 Å². The van der Waals surface area contributed by atoms with Gasteiger partial charge in [-0.25, -0.2) is 0 Å². The van der Waals surface area contributed by atoms with Crippen molar-refractivity contribution in [2.75, 3.05) is 0 Å². The van der Waals surface area contributed by atoms with Crippen molar-refractivity contribution in [1.82, 2.24) is 10.1 Å². The second kappa shape index (κ2) is 4.69. The molecule has 0 unspecified atom stereocenters. The molecule has 2 aromatic heterocycles. The summed E-state index contributed by atoms with van der Waals surface area (Å²) in [6, 6.07) is 6.97. The van der Waals surface area contributed by atoms with Gasteiger partial charge >= 0.3 is 0 Å². The first-order valence-corrected chi connectivity index (χ1v) is 6.60. The van der Waals surface area contributed by atoms with Crippen molar-refractivity contribution in [2.24, 2.45) is 0 Å². The minimum Gasteiger partial charge on any atom is -0.507 e. The Morgan fingerprint density at radius 3 is 2.79 bits per heavy atom. The lowest BCUT2D eigenvalue weighted by Gasteiger charge is -1.99. The first-order valence-electron chi connectivity index (χ1n) is 5.52. The molecule has 0 amide bonds. The number of phenolic OH excluding ortho intramolecular Hbond substituents is 1. The van der Waals surface area contributed by atoms with Crippen LogP contribution in [0.1, 0.15) is 5.76 Å². The number of aromatic hydroxyl groups is 1. The third kappa shape index (κ3) is 2.23. The van der Waals surface area contributed by atoms with Crippen LogP contribution in [0.5, 0.6) is 5.75 Å². The Hall–Kier alpha value is -1.83. The highest BCUT2D eigenvalue weighted by molar-refractivity contribution is 14.1. The number of nitrogens with zero attached hydrogens (tertiary/aromatic N) is 2. The van der Waals surface area contributed by atoms with Gasteiger partial charge in [0, 0.05) is 3.57 Å². The fourth-order valence-electron chi connectivity index (χ4n) is 1.74. The summed E-state index contributed by atoms with van der Waals surface area (Å²) < 4.78 is 11.4. The van der Waals surface area contributed by atoms with Crippen molar-refractivity contribution in [3.63, 3.8) is 0 Å². The summed E-state index contributed by atoms with van der Waals surface area (Å²) in [7, 11) is 0. The Bertz CT molecular complexity index is 733. The van der Waals surface area contributed by atoms with E-state index < -0.39 is 0 Å². The van der Waals surface area contributed by atoms with Crippen LogP contribution in [0.25, 0.3) is 22.8 Å². The van der Waals surface area contributed by atoms with Crippen LogP contribution < -0.4 is 0 Å². The van der Waals surface area contributed by atoms with E-state index in [1.807, 2.05) is 6.92 Å². The third-order valence-corrected chi connectivity index (χ3v) is 3.39. The van der Waals surface area contributed by atoms with Crippen LogP contribution >= 0.6 is 22.6 Å². The smallest absolute Gasteiger partial charge is 0.262 e. The van der Waals surface area contributed by atoms with Crippen LogP contribution in [0.4, 0.5) is 0 Å². The zero-order valence-corrected chi connectivity index (χ0v) is 12.1. The van der Waals surface area contributed by atoms with Gasteiger partial charge < -0.3 is 14.0 Å². The second-order valence-electron chi connectivity index (χ2n) is 3.98. The highest BCUT2D eigenvalue weighted by Gasteiger charge is 2.16. The van der Waals surface area contributed by atoms with Gasteiger partial charge in [0.2, 0.25) is 5.82 Å². The molecule has 0 saturated heterocycles. The van der Waals surface area contributed by atoms with Gasteiger partial charge in [-0.3, -0.25) is 0 Å². The number of furan rings is 1. The molecule has 0 saturated carbocycles. The number of benzene rings is 1. The number of halogens is 1. The van der Waals surface area contributed by atoms with Gasteiger partial charge in [0.1, 0.15) is 11.5 Å². The SMILES string of the molecule is Cc1occc1-c1noc(-c2cc(I)ccc2O)n1. The Kier molecular flexibility index (Phi) is 3.02. The molecule has 1 aromatic carbocycles. The van der Waals surface area contributed by atoms with E-state index in [2.05, 4.69) is 32.7 Å². The Morgan fingerprint density at radius 1 is 1.21 bits per heavy atom. The molecule has 0 spiro atoms.